The van der Waals surface area contributed by atoms with Crippen LogP contribution in [0.2, 0.25) is 0 Å². The molecule has 30 heavy (non-hydrogen) atoms. The van der Waals surface area contributed by atoms with Gasteiger partial charge in [0.1, 0.15) is 11.9 Å². The van der Waals surface area contributed by atoms with E-state index in [0.717, 1.165) is 24.0 Å². The molecule has 7 nitrogen and oxygen atoms in total. The third-order valence-corrected chi connectivity index (χ3v) is 6.85. The summed E-state index contributed by atoms with van der Waals surface area (Å²) in [6, 6.07) is 9.75. The molecule has 0 radical (unpaired) electrons. The Morgan fingerprint density at radius 3 is 2.87 bits per heavy atom. The highest BCUT2D eigenvalue weighted by Gasteiger charge is 2.43. The average molecular weight is 425 g/mol. The Bertz CT molecular complexity index is 1070. The van der Waals surface area contributed by atoms with Crippen LogP contribution in [0.3, 0.4) is 0 Å². The molecular weight excluding hydrogens is 400 g/mol. The molecule has 2 N–H and O–H groups in total. The predicted molar refractivity (Wildman–Crippen MR) is 115 cm³/mol. The Labute approximate surface area is 179 Å². The highest BCUT2D eigenvalue weighted by atomic mass is 32.1. The molecule has 2 bridgehead atoms. The van der Waals surface area contributed by atoms with Crippen molar-refractivity contribution in [2.75, 3.05) is 7.11 Å². The summed E-state index contributed by atoms with van der Waals surface area (Å²) >= 11 is 1.37. The van der Waals surface area contributed by atoms with Gasteiger partial charge < -0.3 is 19.9 Å². The fraction of sp³-hybridized carbons (Fsp3) is 0.409. The Morgan fingerprint density at radius 1 is 1.20 bits per heavy atom. The Morgan fingerprint density at radius 2 is 2.07 bits per heavy atom. The number of rotatable bonds is 5. The largest absolute Gasteiger partial charge is 0.507 e. The second kappa shape index (κ2) is 7.52. The van der Waals surface area contributed by atoms with Crippen molar-refractivity contribution in [1.82, 2.24) is 20.5 Å². The SMILES string of the molecule is COc1cc(-c2ccc(-c3nnc(O[C@H]4C[C@@H]5CC[C@](C)(C4)N5)s3)c(O)c2)ccn1. The van der Waals surface area contributed by atoms with E-state index in [9.17, 15) is 5.11 Å². The number of phenols is 1. The van der Waals surface area contributed by atoms with Crippen molar-refractivity contribution in [3.8, 4) is 38.5 Å². The van der Waals surface area contributed by atoms with Crippen molar-refractivity contribution in [3.63, 3.8) is 0 Å². The lowest BCUT2D eigenvalue weighted by atomic mass is 9.91. The zero-order valence-corrected chi connectivity index (χ0v) is 17.8. The molecule has 0 unspecified atom stereocenters. The summed E-state index contributed by atoms with van der Waals surface area (Å²) in [4.78, 5) is 4.12. The smallest absolute Gasteiger partial charge is 0.294 e. The van der Waals surface area contributed by atoms with Gasteiger partial charge in [0.15, 0.2) is 5.01 Å². The molecule has 2 aromatic heterocycles. The van der Waals surface area contributed by atoms with E-state index < -0.39 is 0 Å². The number of hydrogen-bond acceptors (Lipinski definition) is 8. The number of piperidine rings is 1. The van der Waals surface area contributed by atoms with Gasteiger partial charge >= 0.3 is 0 Å². The molecule has 8 heteroatoms. The molecule has 2 aliphatic heterocycles. The fourth-order valence-corrected chi connectivity index (χ4v) is 5.36. The molecule has 5 rings (SSSR count). The van der Waals surface area contributed by atoms with Crippen LogP contribution in [0, 0.1) is 0 Å². The Kier molecular flexibility index (Phi) is 4.83. The lowest BCUT2D eigenvalue weighted by Gasteiger charge is -2.35. The number of fused-ring (bicyclic) bond motifs is 2. The van der Waals surface area contributed by atoms with E-state index in [1.54, 1.807) is 19.4 Å². The van der Waals surface area contributed by atoms with Crippen molar-refractivity contribution in [3.05, 3.63) is 36.5 Å². The van der Waals surface area contributed by atoms with Crippen LogP contribution in [0.1, 0.15) is 32.6 Å². The van der Waals surface area contributed by atoms with Gasteiger partial charge in [0, 0.05) is 30.3 Å². The van der Waals surface area contributed by atoms with Gasteiger partial charge in [-0.15, -0.1) is 5.10 Å². The molecule has 2 aliphatic rings. The van der Waals surface area contributed by atoms with E-state index in [-0.39, 0.29) is 17.4 Å². The molecule has 4 heterocycles. The molecule has 0 aliphatic carbocycles. The summed E-state index contributed by atoms with van der Waals surface area (Å²) in [5, 5.41) is 24.0. The number of ether oxygens (including phenoxy) is 2. The van der Waals surface area contributed by atoms with E-state index >= 15 is 0 Å². The molecule has 156 valence electrons. The van der Waals surface area contributed by atoms with Gasteiger partial charge in [-0.25, -0.2) is 4.98 Å². The van der Waals surface area contributed by atoms with Gasteiger partial charge in [0.2, 0.25) is 5.88 Å². The van der Waals surface area contributed by atoms with Crippen molar-refractivity contribution >= 4 is 11.3 Å². The number of aromatic nitrogens is 3. The van der Waals surface area contributed by atoms with E-state index in [2.05, 4.69) is 27.4 Å². The Balaban J connectivity index is 1.33. The minimum Gasteiger partial charge on any atom is -0.507 e. The lowest BCUT2D eigenvalue weighted by Crippen LogP contribution is -2.50. The van der Waals surface area contributed by atoms with E-state index in [0.29, 0.717) is 27.7 Å². The van der Waals surface area contributed by atoms with Crippen LogP contribution in [0.4, 0.5) is 0 Å². The van der Waals surface area contributed by atoms with Gasteiger partial charge in [-0.3, -0.25) is 0 Å². The van der Waals surface area contributed by atoms with Gasteiger partial charge in [-0.2, -0.15) is 0 Å². The summed E-state index contributed by atoms with van der Waals surface area (Å²) in [5.74, 6) is 0.681. The molecule has 3 atom stereocenters. The monoisotopic (exact) mass is 424 g/mol. The number of pyridine rings is 1. The highest BCUT2D eigenvalue weighted by Crippen LogP contribution is 2.40. The third-order valence-electron chi connectivity index (χ3n) is 6.00. The number of nitrogens with zero attached hydrogens (tertiary/aromatic N) is 3. The first-order valence-electron chi connectivity index (χ1n) is 10.1. The van der Waals surface area contributed by atoms with Gasteiger partial charge in [0.05, 0.1) is 12.7 Å². The van der Waals surface area contributed by atoms with Crippen molar-refractivity contribution in [2.24, 2.45) is 0 Å². The van der Waals surface area contributed by atoms with Gasteiger partial charge in [-0.05, 0) is 55.5 Å². The van der Waals surface area contributed by atoms with E-state index in [1.165, 1.54) is 24.2 Å². The summed E-state index contributed by atoms with van der Waals surface area (Å²) in [7, 11) is 1.58. The molecule has 0 amide bonds. The molecule has 0 saturated carbocycles. The van der Waals surface area contributed by atoms with E-state index in [4.69, 9.17) is 9.47 Å². The second-order valence-electron chi connectivity index (χ2n) is 8.31. The van der Waals surface area contributed by atoms with Crippen molar-refractivity contribution < 1.29 is 14.6 Å². The first-order valence-corrected chi connectivity index (χ1v) is 10.9. The van der Waals surface area contributed by atoms with Crippen LogP contribution in [-0.4, -0.2) is 45.1 Å². The van der Waals surface area contributed by atoms with Gasteiger partial charge in [-0.1, -0.05) is 22.5 Å². The van der Waals surface area contributed by atoms with Gasteiger partial charge in [0.25, 0.3) is 5.19 Å². The summed E-state index contributed by atoms with van der Waals surface area (Å²) in [6.45, 7) is 2.27. The highest BCUT2D eigenvalue weighted by molar-refractivity contribution is 7.16. The maximum absolute atomic E-state index is 10.6. The predicted octanol–water partition coefficient (Wildman–Crippen LogP) is 4.03. The molecule has 2 fully saturated rings. The fourth-order valence-electron chi connectivity index (χ4n) is 4.56. The van der Waals surface area contributed by atoms with Crippen LogP contribution < -0.4 is 14.8 Å². The normalized spacial score (nSPS) is 25.3. The Hall–Kier alpha value is -2.71. The van der Waals surface area contributed by atoms with Crippen LogP contribution in [0.15, 0.2) is 36.5 Å². The molecular formula is C22H24N4O3S. The molecule has 3 aromatic rings. The summed E-state index contributed by atoms with van der Waals surface area (Å²) in [6.07, 6.45) is 6.22. The lowest BCUT2D eigenvalue weighted by molar-refractivity contribution is 0.107. The zero-order valence-electron chi connectivity index (χ0n) is 17.0. The molecule has 2 saturated heterocycles. The summed E-state index contributed by atoms with van der Waals surface area (Å²) in [5.41, 5.74) is 2.60. The van der Waals surface area contributed by atoms with Crippen molar-refractivity contribution in [2.45, 2.75) is 50.3 Å². The number of methoxy groups -OCH3 is 1. The minimum atomic E-state index is 0.151. The quantitative estimate of drug-likeness (QED) is 0.639. The minimum absolute atomic E-state index is 0.151. The number of phenolic OH excluding ortho intramolecular Hbond substituents is 1. The number of aromatic hydroxyl groups is 1. The topological polar surface area (TPSA) is 89.4 Å². The maximum Gasteiger partial charge on any atom is 0.294 e. The zero-order chi connectivity index (χ0) is 20.7. The first-order chi connectivity index (χ1) is 14.5. The molecule has 0 spiro atoms. The maximum atomic E-state index is 10.6. The van der Waals surface area contributed by atoms with E-state index in [1.807, 2.05) is 24.3 Å². The van der Waals surface area contributed by atoms with Crippen LogP contribution >= 0.6 is 11.3 Å². The number of nitrogens with one attached hydrogen (secondary N) is 1. The standard InChI is InChI=1S/C22H24N4O3S/c1-22-7-5-15(24-22)11-16(12-22)29-21-26-25-20(30-21)17-4-3-13(9-18(17)27)14-6-8-23-19(10-14)28-2/h3-4,6,8-10,15-16,24,27H,5,7,11-12H2,1-2H3/t15-,16-,22+/m0/s1. The number of hydrogen-bond donors (Lipinski definition) is 2. The molecule has 1 aromatic carbocycles. The second-order valence-corrected chi connectivity index (χ2v) is 9.25. The third kappa shape index (κ3) is 3.73. The number of benzene rings is 1. The van der Waals surface area contributed by atoms with Crippen LogP contribution in [0.25, 0.3) is 21.7 Å². The summed E-state index contributed by atoms with van der Waals surface area (Å²) < 4.78 is 11.3. The first kappa shape index (κ1) is 19.3. The van der Waals surface area contributed by atoms with Crippen LogP contribution in [0.5, 0.6) is 16.8 Å². The van der Waals surface area contributed by atoms with Crippen molar-refractivity contribution in [1.29, 1.82) is 0 Å². The van der Waals surface area contributed by atoms with Crippen LogP contribution in [-0.2, 0) is 0 Å². The average Bonchev–Trinajstić information content (AvgIpc) is 3.31.